The average molecular weight is 396 g/mol. The van der Waals surface area contributed by atoms with Gasteiger partial charge in [0.2, 0.25) is 0 Å². The summed E-state index contributed by atoms with van der Waals surface area (Å²) < 4.78 is 5.43. The second-order valence-electron chi connectivity index (χ2n) is 8.25. The van der Waals surface area contributed by atoms with Gasteiger partial charge in [-0.15, -0.1) is 0 Å². The van der Waals surface area contributed by atoms with Crippen molar-refractivity contribution in [2.24, 2.45) is 5.73 Å². The first-order valence-electron chi connectivity index (χ1n) is 10.3. The van der Waals surface area contributed by atoms with Gasteiger partial charge in [0.1, 0.15) is 5.54 Å². The van der Waals surface area contributed by atoms with E-state index in [2.05, 4.69) is 36.1 Å². The number of morpholine rings is 1. The van der Waals surface area contributed by atoms with Gasteiger partial charge in [0.15, 0.2) is 5.78 Å². The number of likely N-dealkylation sites (N-methyl/N-ethyl adjacent to an activating group) is 1. The summed E-state index contributed by atoms with van der Waals surface area (Å²) in [4.78, 5) is 18.0. The highest BCUT2D eigenvalue weighted by molar-refractivity contribution is 6.04. The number of rotatable bonds is 7. The van der Waals surface area contributed by atoms with Crippen LogP contribution in [0.15, 0.2) is 48.5 Å². The summed E-state index contributed by atoms with van der Waals surface area (Å²) in [5, 5.41) is 0. The van der Waals surface area contributed by atoms with E-state index in [1.165, 1.54) is 5.56 Å². The van der Waals surface area contributed by atoms with Crippen molar-refractivity contribution in [1.82, 2.24) is 4.90 Å². The van der Waals surface area contributed by atoms with E-state index in [0.717, 1.165) is 37.6 Å². The molecule has 5 heteroatoms. The Morgan fingerprint density at radius 2 is 1.69 bits per heavy atom. The molecule has 5 nitrogen and oxygen atoms in total. The lowest BCUT2D eigenvalue weighted by Gasteiger charge is -2.42. The van der Waals surface area contributed by atoms with E-state index in [9.17, 15) is 4.79 Å². The van der Waals surface area contributed by atoms with Gasteiger partial charge >= 0.3 is 0 Å². The third kappa shape index (κ3) is 4.53. The molecule has 1 aliphatic rings. The van der Waals surface area contributed by atoms with E-state index in [1.807, 2.05) is 50.2 Å². The molecular weight excluding hydrogens is 362 g/mol. The maximum absolute atomic E-state index is 13.8. The Morgan fingerprint density at radius 3 is 2.21 bits per heavy atom. The van der Waals surface area contributed by atoms with E-state index in [0.29, 0.717) is 12.0 Å². The lowest BCUT2D eigenvalue weighted by Crippen LogP contribution is -2.63. The van der Waals surface area contributed by atoms with Crippen molar-refractivity contribution in [2.45, 2.75) is 31.8 Å². The van der Waals surface area contributed by atoms with Gasteiger partial charge in [0, 0.05) is 30.4 Å². The zero-order chi connectivity index (χ0) is 21.0. The summed E-state index contributed by atoms with van der Waals surface area (Å²) in [7, 11) is 3.88. The van der Waals surface area contributed by atoms with Crippen LogP contribution in [0.25, 0.3) is 0 Å². The van der Waals surface area contributed by atoms with Crippen LogP contribution in [0.4, 0.5) is 5.69 Å². The fraction of sp³-hybridized carbons (Fsp3) is 0.458. The minimum absolute atomic E-state index is 0.0617. The van der Waals surface area contributed by atoms with Crippen molar-refractivity contribution in [1.29, 1.82) is 0 Å². The number of benzene rings is 2. The monoisotopic (exact) mass is 395 g/mol. The van der Waals surface area contributed by atoms with Crippen LogP contribution in [0.2, 0.25) is 0 Å². The minimum atomic E-state index is -0.810. The number of Topliss-reactive ketones (excluding diaryl/α,β-unsaturated/α-hetero) is 1. The number of anilines is 1. The summed E-state index contributed by atoms with van der Waals surface area (Å²) in [6, 6.07) is 15.9. The van der Waals surface area contributed by atoms with Crippen molar-refractivity contribution >= 4 is 11.5 Å². The van der Waals surface area contributed by atoms with E-state index in [-0.39, 0.29) is 11.8 Å². The summed E-state index contributed by atoms with van der Waals surface area (Å²) in [6.45, 7) is 7.23. The largest absolute Gasteiger partial charge is 0.378 e. The highest BCUT2D eigenvalue weighted by atomic mass is 16.5. The molecule has 2 atom stereocenters. The summed E-state index contributed by atoms with van der Waals surface area (Å²) in [5.41, 5.74) is 9.77. The van der Waals surface area contributed by atoms with Gasteiger partial charge in [-0.25, -0.2) is 0 Å². The molecule has 0 saturated carbocycles. The van der Waals surface area contributed by atoms with Crippen LogP contribution in [-0.2, 0) is 11.2 Å². The molecule has 0 aliphatic carbocycles. The molecule has 0 amide bonds. The molecule has 2 N–H and O–H groups in total. The Morgan fingerprint density at radius 1 is 1.10 bits per heavy atom. The molecule has 2 aromatic rings. The SMILES string of the molecule is Cc1ccc(CC(C(=O)c2ccc(N3CCOCC3)cc2)(C(C)N)N(C)C)cc1. The summed E-state index contributed by atoms with van der Waals surface area (Å²) in [5.74, 6) is 0.0617. The molecule has 0 aromatic heterocycles. The minimum Gasteiger partial charge on any atom is -0.378 e. The Kier molecular flexibility index (Phi) is 6.73. The lowest BCUT2D eigenvalue weighted by molar-refractivity contribution is 0.0620. The van der Waals surface area contributed by atoms with Crippen LogP contribution >= 0.6 is 0 Å². The third-order valence-electron chi connectivity index (χ3n) is 6.04. The molecule has 1 aliphatic heterocycles. The van der Waals surface area contributed by atoms with Crippen LogP contribution in [0, 0.1) is 6.92 Å². The van der Waals surface area contributed by atoms with Crippen LogP contribution in [0.3, 0.4) is 0 Å². The van der Waals surface area contributed by atoms with E-state index in [1.54, 1.807) is 0 Å². The van der Waals surface area contributed by atoms with Crippen molar-refractivity contribution in [3.63, 3.8) is 0 Å². The van der Waals surface area contributed by atoms with Crippen molar-refractivity contribution in [2.75, 3.05) is 45.3 Å². The predicted octanol–water partition coefficient (Wildman–Crippen LogP) is 2.90. The van der Waals surface area contributed by atoms with Gasteiger partial charge in [-0.3, -0.25) is 9.69 Å². The molecule has 2 aromatic carbocycles. The van der Waals surface area contributed by atoms with Crippen LogP contribution < -0.4 is 10.6 Å². The molecule has 3 rings (SSSR count). The van der Waals surface area contributed by atoms with Gasteiger partial charge in [-0.1, -0.05) is 29.8 Å². The topological polar surface area (TPSA) is 58.8 Å². The number of ketones is 1. The molecule has 1 heterocycles. The summed E-state index contributed by atoms with van der Waals surface area (Å²) in [6.07, 6.45) is 0.571. The van der Waals surface area contributed by atoms with Crippen LogP contribution in [0.1, 0.15) is 28.4 Å². The quantitative estimate of drug-likeness (QED) is 0.731. The lowest BCUT2D eigenvalue weighted by atomic mass is 9.77. The first-order chi connectivity index (χ1) is 13.8. The van der Waals surface area contributed by atoms with E-state index >= 15 is 0 Å². The summed E-state index contributed by atoms with van der Waals surface area (Å²) >= 11 is 0. The van der Waals surface area contributed by atoms with E-state index < -0.39 is 5.54 Å². The Labute approximate surface area is 174 Å². The Balaban J connectivity index is 1.90. The number of nitrogens with zero attached hydrogens (tertiary/aromatic N) is 2. The number of carbonyl (C=O) groups is 1. The number of hydrogen-bond acceptors (Lipinski definition) is 5. The number of aryl methyl sites for hydroxylation is 1. The molecular formula is C24H33N3O2. The van der Waals surface area contributed by atoms with Gasteiger partial charge in [0.05, 0.1) is 13.2 Å². The maximum atomic E-state index is 13.8. The number of ether oxygens (including phenoxy) is 1. The first-order valence-corrected chi connectivity index (χ1v) is 10.3. The van der Waals surface area contributed by atoms with E-state index in [4.69, 9.17) is 10.5 Å². The van der Waals surface area contributed by atoms with Gasteiger partial charge in [-0.2, -0.15) is 0 Å². The number of nitrogens with two attached hydrogens (primary N) is 1. The molecule has 2 unspecified atom stereocenters. The zero-order valence-electron chi connectivity index (χ0n) is 18.0. The average Bonchev–Trinajstić information content (AvgIpc) is 2.73. The first kappa shape index (κ1) is 21.5. The normalized spacial score (nSPS) is 17.8. The predicted molar refractivity (Wildman–Crippen MR) is 119 cm³/mol. The van der Waals surface area contributed by atoms with Gasteiger partial charge < -0.3 is 15.4 Å². The Hall–Kier alpha value is -2.21. The van der Waals surface area contributed by atoms with Crippen molar-refractivity contribution < 1.29 is 9.53 Å². The second-order valence-corrected chi connectivity index (χ2v) is 8.25. The highest BCUT2D eigenvalue weighted by Gasteiger charge is 2.44. The highest BCUT2D eigenvalue weighted by Crippen LogP contribution is 2.28. The van der Waals surface area contributed by atoms with Gasteiger partial charge in [0.25, 0.3) is 0 Å². The number of hydrogen-bond donors (Lipinski definition) is 1. The fourth-order valence-corrected chi connectivity index (χ4v) is 4.13. The van der Waals surface area contributed by atoms with Gasteiger partial charge in [-0.05, 0) is 64.2 Å². The van der Waals surface area contributed by atoms with Crippen molar-refractivity contribution in [3.8, 4) is 0 Å². The molecule has 0 spiro atoms. The Bertz CT molecular complexity index is 799. The molecule has 156 valence electrons. The van der Waals surface area contributed by atoms with Crippen LogP contribution in [-0.4, -0.2) is 62.7 Å². The fourth-order valence-electron chi connectivity index (χ4n) is 4.13. The smallest absolute Gasteiger partial charge is 0.184 e. The molecule has 1 fully saturated rings. The molecule has 0 bridgehead atoms. The van der Waals surface area contributed by atoms with Crippen molar-refractivity contribution in [3.05, 3.63) is 65.2 Å². The maximum Gasteiger partial charge on any atom is 0.184 e. The number of carbonyl (C=O) groups excluding carboxylic acids is 1. The molecule has 29 heavy (non-hydrogen) atoms. The third-order valence-corrected chi connectivity index (χ3v) is 6.04. The standard InChI is InChI=1S/C24H33N3O2/c1-18-5-7-20(8-6-18)17-24(19(2)25,26(3)4)23(28)21-9-11-22(12-10-21)27-13-15-29-16-14-27/h5-12,19H,13-17,25H2,1-4H3. The second kappa shape index (κ2) is 9.08. The van der Waals surface area contributed by atoms with Crippen LogP contribution in [0.5, 0.6) is 0 Å². The molecule has 1 saturated heterocycles. The molecule has 0 radical (unpaired) electrons. The zero-order valence-corrected chi connectivity index (χ0v) is 18.0.